The zero-order valence-corrected chi connectivity index (χ0v) is 11.1. The number of amides is 1. The third kappa shape index (κ3) is 3.09. The van der Waals surface area contributed by atoms with Crippen LogP contribution in [0.5, 0.6) is 0 Å². The van der Waals surface area contributed by atoms with Crippen molar-refractivity contribution in [2.24, 2.45) is 5.73 Å². The first-order valence-electron chi connectivity index (χ1n) is 6.38. The Kier molecular flexibility index (Phi) is 3.99. The summed E-state index contributed by atoms with van der Waals surface area (Å²) in [5.74, 6) is 0.0917. The highest BCUT2D eigenvalue weighted by atomic mass is 16.2. The molecule has 98 valence electrons. The van der Waals surface area contributed by atoms with Crippen LogP contribution in [0.1, 0.15) is 22.7 Å². The van der Waals surface area contributed by atoms with Gasteiger partial charge in [-0.2, -0.15) is 0 Å². The zero-order chi connectivity index (χ0) is 13.1. The molecule has 0 aliphatic carbocycles. The normalized spacial score (nSPS) is 18.5. The molecule has 2 rings (SSSR count). The molecular weight excluding hydrogens is 226 g/mol. The lowest BCUT2D eigenvalue weighted by molar-refractivity contribution is -0.124. The molecule has 0 saturated carbocycles. The number of aryl methyl sites for hydroxylation is 2. The number of carbonyl (C=O) groups excluding carboxylic acids is 1. The van der Waals surface area contributed by atoms with Gasteiger partial charge in [-0.25, -0.2) is 0 Å². The van der Waals surface area contributed by atoms with Gasteiger partial charge in [-0.15, -0.1) is 0 Å². The molecule has 1 amide bonds. The maximum atomic E-state index is 11.3. The molecular formula is C14H21N3O. The van der Waals surface area contributed by atoms with E-state index in [9.17, 15) is 4.79 Å². The fourth-order valence-electron chi connectivity index (χ4n) is 2.47. The van der Waals surface area contributed by atoms with Crippen LogP contribution in [0.25, 0.3) is 0 Å². The van der Waals surface area contributed by atoms with Gasteiger partial charge in [0.2, 0.25) is 5.91 Å². The van der Waals surface area contributed by atoms with Crippen molar-refractivity contribution in [3.05, 3.63) is 34.9 Å². The van der Waals surface area contributed by atoms with Crippen LogP contribution >= 0.6 is 0 Å². The van der Waals surface area contributed by atoms with Crippen molar-refractivity contribution < 1.29 is 4.79 Å². The Morgan fingerprint density at radius 2 is 2.22 bits per heavy atom. The number of benzene rings is 1. The van der Waals surface area contributed by atoms with E-state index in [1.54, 1.807) is 0 Å². The van der Waals surface area contributed by atoms with Crippen molar-refractivity contribution in [2.75, 3.05) is 26.2 Å². The van der Waals surface area contributed by atoms with Crippen molar-refractivity contribution in [3.63, 3.8) is 0 Å². The molecule has 1 unspecified atom stereocenters. The molecule has 4 nitrogen and oxygen atoms in total. The lowest BCUT2D eigenvalue weighted by atomic mass is 9.99. The van der Waals surface area contributed by atoms with E-state index in [-0.39, 0.29) is 11.9 Å². The van der Waals surface area contributed by atoms with Gasteiger partial charge in [-0.05, 0) is 25.0 Å². The quantitative estimate of drug-likeness (QED) is 0.828. The second kappa shape index (κ2) is 5.50. The molecule has 1 aromatic carbocycles. The number of hydrogen-bond donors (Lipinski definition) is 2. The van der Waals surface area contributed by atoms with Crippen molar-refractivity contribution in [1.82, 2.24) is 10.2 Å². The van der Waals surface area contributed by atoms with Crippen LogP contribution in [0, 0.1) is 13.8 Å². The molecule has 1 heterocycles. The van der Waals surface area contributed by atoms with Crippen LogP contribution in [0.4, 0.5) is 0 Å². The third-order valence-corrected chi connectivity index (χ3v) is 3.40. The maximum absolute atomic E-state index is 11.3. The fourth-order valence-corrected chi connectivity index (χ4v) is 2.47. The lowest BCUT2D eigenvalue weighted by Crippen LogP contribution is -2.49. The van der Waals surface area contributed by atoms with Crippen LogP contribution in [0.2, 0.25) is 0 Å². The Labute approximate surface area is 108 Å². The zero-order valence-electron chi connectivity index (χ0n) is 11.1. The number of carbonyl (C=O) groups is 1. The summed E-state index contributed by atoms with van der Waals surface area (Å²) in [6, 6.07) is 6.30. The first-order valence-corrected chi connectivity index (χ1v) is 6.38. The second-order valence-corrected chi connectivity index (χ2v) is 5.05. The molecule has 18 heavy (non-hydrogen) atoms. The van der Waals surface area contributed by atoms with Gasteiger partial charge in [-0.3, -0.25) is 9.69 Å². The predicted octanol–water partition coefficient (Wildman–Crippen LogP) is 0.735. The first-order chi connectivity index (χ1) is 8.56. The molecule has 1 aliphatic rings. The second-order valence-electron chi connectivity index (χ2n) is 5.05. The topological polar surface area (TPSA) is 58.4 Å². The summed E-state index contributed by atoms with van der Waals surface area (Å²) in [5, 5.41) is 2.82. The summed E-state index contributed by atoms with van der Waals surface area (Å²) < 4.78 is 0. The number of nitrogens with zero attached hydrogens (tertiary/aromatic N) is 1. The van der Waals surface area contributed by atoms with Gasteiger partial charge in [0.05, 0.1) is 6.54 Å². The van der Waals surface area contributed by atoms with E-state index >= 15 is 0 Å². The SMILES string of the molecule is Cc1ccc(C(N)CN2CCNC(=O)C2)c(C)c1. The molecule has 0 radical (unpaired) electrons. The molecule has 4 heteroatoms. The van der Waals surface area contributed by atoms with Crippen molar-refractivity contribution >= 4 is 5.91 Å². The summed E-state index contributed by atoms with van der Waals surface area (Å²) in [5.41, 5.74) is 9.90. The predicted molar refractivity (Wildman–Crippen MR) is 72.3 cm³/mol. The van der Waals surface area contributed by atoms with E-state index in [1.165, 1.54) is 16.7 Å². The van der Waals surface area contributed by atoms with Crippen LogP contribution in [0.3, 0.4) is 0 Å². The molecule has 0 spiro atoms. The largest absolute Gasteiger partial charge is 0.354 e. The van der Waals surface area contributed by atoms with Crippen molar-refractivity contribution in [1.29, 1.82) is 0 Å². The average Bonchev–Trinajstić information content (AvgIpc) is 2.28. The smallest absolute Gasteiger partial charge is 0.234 e. The van der Waals surface area contributed by atoms with Crippen LogP contribution < -0.4 is 11.1 Å². The van der Waals surface area contributed by atoms with Gasteiger partial charge in [0, 0.05) is 25.7 Å². The number of hydrogen-bond acceptors (Lipinski definition) is 3. The van der Waals surface area contributed by atoms with E-state index in [1.807, 2.05) is 0 Å². The standard InChI is InChI=1S/C14H21N3O/c1-10-3-4-12(11(2)7-10)13(15)8-17-6-5-16-14(18)9-17/h3-4,7,13H,5-6,8-9,15H2,1-2H3,(H,16,18). The lowest BCUT2D eigenvalue weighted by Gasteiger charge is -2.29. The number of piperazine rings is 1. The minimum Gasteiger partial charge on any atom is -0.354 e. The van der Waals surface area contributed by atoms with Gasteiger partial charge in [-0.1, -0.05) is 23.8 Å². The molecule has 1 atom stereocenters. The molecule has 1 aromatic rings. The Balaban J connectivity index is 2.02. The monoisotopic (exact) mass is 247 g/mol. The van der Waals surface area contributed by atoms with Crippen LogP contribution in [-0.2, 0) is 4.79 Å². The molecule has 1 fully saturated rings. The van der Waals surface area contributed by atoms with Gasteiger partial charge < -0.3 is 11.1 Å². The highest BCUT2D eigenvalue weighted by Crippen LogP contribution is 2.18. The van der Waals surface area contributed by atoms with E-state index in [4.69, 9.17) is 5.73 Å². The Bertz CT molecular complexity index is 445. The average molecular weight is 247 g/mol. The van der Waals surface area contributed by atoms with E-state index in [0.717, 1.165) is 19.6 Å². The Morgan fingerprint density at radius 1 is 1.44 bits per heavy atom. The van der Waals surface area contributed by atoms with Gasteiger partial charge in [0.25, 0.3) is 0 Å². The number of rotatable bonds is 3. The Hall–Kier alpha value is -1.39. The first kappa shape index (κ1) is 13.1. The molecule has 0 aromatic heterocycles. The van der Waals surface area contributed by atoms with Crippen LogP contribution in [0.15, 0.2) is 18.2 Å². The van der Waals surface area contributed by atoms with Gasteiger partial charge in [0.1, 0.15) is 0 Å². The van der Waals surface area contributed by atoms with Gasteiger partial charge >= 0.3 is 0 Å². The van der Waals surface area contributed by atoms with Crippen molar-refractivity contribution in [2.45, 2.75) is 19.9 Å². The van der Waals surface area contributed by atoms with Crippen LogP contribution in [-0.4, -0.2) is 37.0 Å². The maximum Gasteiger partial charge on any atom is 0.234 e. The number of nitrogens with one attached hydrogen (secondary N) is 1. The van der Waals surface area contributed by atoms with E-state index in [0.29, 0.717) is 6.54 Å². The summed E-state index contributed by atoms with van der Waals surface area (Å²) in [6.07, 6.45) is 0. The minimum absolute atomic E-state index is 0.0310. The molecule has 1 saturated heterocycles. The summed E-state index contributed by atoms with van der Waals surface area (Å²) in [7, 11) is 0. The summed E-state index contributed by atoms with van der Waals surface area (Å²) in [6.45, 7) is 6.96. The summed E-state index contributed by atoms with van der Waals surface area (Å²) >= 11 is 0. The van der Waals surface area contributed by atoms with Crippen molar-refractivity contribution in [3.8, 4) is 0 Å². The van der Waals surface area contributed by atoms with Gasteiger partial charge in [0.15, 0.2) is 0 Å². The molecule has 3 N–H and O–H groups in total. The minimum atomic E-state index is -0.0310. The Morgan fingerprint density at radius 3 is 2.89 bits per heavy atom. The van der Waals surface area contributed by atoms with E-state index < -0.39 is 0 Å². The van der Waals surface area contributed by atoms with E-state index in [2.05, 4.69) is 42.3 Å². The fraction of sp³-hybridized carbons (Fsp3) is 0.500. The molecule has 0 bridgehead atoms. The number of nitrogens with two attached hydrogens (primary N) is 1. The highest BCUT2D eigenvalue weighted by molar-refractivity contribution is 5.78. The highest BCUT2D eigenvalue weighted by Gasteiger charge is 2.19. The third-order valence-electron chi connectivity index (χ3n) is 3.40. The summed E-state index contributed by atoms with van der Waals surface area (Å²) in [4.78, 5) is 13.4. The molecule has 1 aliphatic heterocycles.